The number of hydrogen-bond acceptors (Lipinski definition) is 5. The highest BCUT2D eigenvalue weighted by Gasteiger charge is 2.35. The molecule has 4 rings (SSSR count). The number of hydrogen-bond donors (Lipinski definition) is 1. The molecule has 2 saturated heterocycles. The fraction of sp³-hybridized carbons (Fsp3) is 0.565. The summed E-state index contributed by atoms with van der Waals surface area (Å²) in [6, 6.07) is 10.6. The third kappa shape index (κ3) is 5.39. The maximum absolute atomic E-state index is 13.0. The Labute approximate surface area is 190 Å². The molecule has 8 nitrogen and oxygen atoms in total. The number of piperidine rings is 2. The van der Waals surface area contributed by atoms with Gasteiger partial charge in [0.25, 0.3) is 10.0 Å². The second-order valence-corrected chi connectivity index (χ2v) is 10.7. The van der Waals surface area contributed by atoms with Crippen LogP contribution in [0.25, 0.3) is 0 Å². The summed E-state index contributed by atoms with van der Waals surface area (Å²) in [5, 5.41) is 3.25. The van der Waals surface area contributed by atoms with E-state index in [1.54, 1.807) is 10.8 Å². The molecule has 2 aliphatic heterocycles. The van der Waals surface area contributed by atoms with Crippen LogP contribution in [0.3, 0.4) is 0 Å². The predicted octanol–water partition coefficient (Wildman–Crippen LogP) is 2.08. The van der Waals surface area contributed by atoms with Gasteiger partial charge in [-0.1, -0.05) is 30.3 Å². The van der Waals surface area contributed by atoms with Crippen LogP contribution in [0.1, 0.15) is 38.2 Å². The Kier molecular flexibility index (Phi) is 7.27. The lowest BCUT2D eigenvalue weighted by molar-refractivity contribution is -0.127. The highest BCUT2D eigenvalue weighted by Crippen LogP contribution is 2.24. The molecular weight excluding hydrogens is 426 g/mol. The maximum atomic E-state index is 13.0. The van der Waals surface area contributed by atoms with E-state index in [-0.39, 0.29) is 29.4 Å². The number of rotatable bonds is 7. The largest absolute Gasteiger partial charge is 0.353 e. The standard InChI is InChI=1S/C23H33N5O3S/c1-2-26-17-22(24-18-26)32(30,31)28-12-6-9-20(16-28)23(29)25-21-10-13-27(14-11-21)15-19-7-4-3-5-8-19/h3-5,7-8,17-18,20-21H,2,6,9-16H2,1H3,(H,25,29). The normalized spacial score (nSPS) is 21.5. The molecule has 2 aliphatic rings. The first-order valence-electron chi connectivity index (χ1n) is 11.5. The highest BCUT2D eigenvalue weighted by atomic mass is 32.2. The van der Waals surface area contributed by atoms with Crippen LogP contribution in [0.4, 0.5) is 0 Å². The number of likely N-dealkylation sites (tertiary alicyclic amines) is 1. The van der Waals surface area contributed by atoms with E-state index in [1.165, 1.54) is 16.2 Å². The summed E-state index contributed by atoms with van der Waals surface area (Å²) in [6.07, 6.45) is 6.33. The average Bonchev–Trinajstić information content (AvgIpc) is 3.31. The topological polar surface area (TPSA) is 87.5 Å². The molecule has 2 aromatic rings. The molecule has 0 spiro atoms. The quantitative estimate of drug-likeness (QED) is 0.685. The van der Waals surface area contributed by atoms with Crippen molar-refractivity contribution < 1.29 is 13.2 Å². The van der Waals surface area contributed by atoms with Crippen molar-refractivity contribution in [1.82, 2.24) is 24.1 Å². The van der Waals surface area contributed by atoms with Crippen molar-refractivity contribution >= 4 is 15.9 Å². The minimum atomic E-state index is -3.67. The van der Waals surface area contributed by atoms with Gasteiger partial charge in [-0.05, 0) is 38.2 Å². The van der Waals surface area contributed by atoms with Crippen molar-refractivity contribution in [3.63, 3.8) is 0 Å². The average molecular weight is 460 g/mol. The molecule has 1 aromatic carbocycles. The van der Waals surface area contributed by atoms with Crippen LogP contribution in [-0.4, -0.2) is 65.3 Å². The molecule has 32 heavy (non-hydrogen) atoms. The number of imidazole rings is 1. The number of aromatic nitrogens is 2. The zero-order chi connectivity index (χ0) is 22.6. The SMILES string of the molecule is CCn1cnc(S(=O)(=O)N2CCCC(C(=O)NC3CCN(Cc4ccccc4)CC3)C2)c1. The molecule has 1 N–H and O–H groups in total. The molecular formula is C23H33N5O3S. The Morgan fingerprint density at radius 1 is 1.12 bits per heavy atom. The Hall–Kier alpha value is -2.23. The third-order valence-corrected chi connectivity index (χ3v) is 8.27. The minimum Gasteiger partial charge on any atom is -0.353 e. The van der Waals surface area contributed by atoms with Gasteiger partial charge in [0.1, 0.15) is 0 Å². The number of amides is 1. The lowest BCUT2D eigenvalue weighted by atomic mass is 9.97. The molecule has 2 fully saturated rings. The van der Waals surface area contributed by atoms with Gasteiger partial charge < -0.3 is 9.88 Å². The fourth-order valence-corrected chi connectivity index (χ4v) is 6.01. The van der Waals surface area contributed by atoms with Crippen molar-refractivity contribution in [3.05, 3.63) is 48.4 Å². The first-order chi connectivity index (χ1) is 15.5. The van der Waals surface area contributed by atoms with E-state index in [1.807, 2.05) is 13.0 Å². The number of aryl methyl sites for hydroxylation is 1. The van der Waals surface area contributed by atoms with Crippen LogP contribution in [0.5, 0.6) is 0 Å². The van der Waals surface area contributed by atoms with Gasteiger partial charge in [0, 0.05) is 51.5 Å². The van der Waals surface area contributed by atoms with E-state index in [9.17, 15) is 13.2 Å². The Balaban J connectivity index is 1.28. The van der Waals surface area contributed by atoms with E-state index in [0.29, 0.717) is 25.9 Å². The number of nitrogens with one attached hydrogen (secondary N) is 1. The van der Waals surface area contributed by atoms with Gasteiger partial charge >= 0.3 is 0 Å². The monoisotopic (exact) mass is 459 g/mol. The molecule has 9 heteroatoms. The van der Waals surface area contributed by atoms with Gasteiger partial charge in [0.15, 0.2) is 5.03 Å². The summed E-state index contributed by atoms with van der Waals surface area (Å²) in [6.45, 7) is 6.09. The van der Waals surface area contributed by atoms with Crippen molar-refractivity contribution in [3.8, 4) is 0 Å². The summed E-state index contributed by atoms with van der Waals surface area (Å²) < 4.78 is 29.1. The highest BCUT2D eigenvalue weighted by molar-refractivity contribution is 7.89. The van der Waals surface area contributed by atoms with Gasteiger partial charge in [-0.15, -0.1) is 0 Å². The Bertz CT molecular complexity index is 1000. The van der Waals surface area contributed by atoms with Crippen LogP contribution in [0, 0.1) is 5.92 Å². The second kappa shape index (κ2) is 10.1. The number of nitrogens with zero attached hydrogens (tertiary/aromatic N) is 4. The number of sulfonamides is 1. The number of carbonyl (C=O) groups excluding carboxylic acids is 1. The molecule has 174 valence electrons. The molecule has 1 amide bonds. The van der Waals surface area contributed by atoms with Gasteiger partial charge in [0.2, 0.25) is 5.91 Å². The van der Waals surface area contributed by atoms with Crippen LogP contribution >= 0.6 is 0 Å². The lowest BCUT2D eigenvalue weighted by Crippen LogP contribution is -2.50. The Morgan fingerprint density at radius 2 is 1.88 bits per heavy atom. The summed E-state index contributed by atoms with van der Waals surface area (Å²) in [5.74, 6) is -0.334. The van der Waals surface area contributed by atoms with Crippen molar-refractivity contribution in [2.24, 2.45) is 5.92 Å². The molecule has 0 radical (unpaired) electrons. The predicted molar refractivity (Wildman–Crippen MR) is 122 cm³/mol. The van der Waals surface area contributed by atoms with Gasteiger partial charge in [-0.3, -0.25) is 9.69 Å². The molecule has 1 atom stereocenters. The van der Waals surface area contributed by atoms with E-state index in [4.69, 9.17) is 0 Å². The summed E-state index contributed by atoms with van der Waals surface area (Å²) in [7, 11) is -3.67. The molecule has 1 unspecified atom stereocenters. The van der Waals surface area contributed by atoms with Crippen LogP contribution in [0.15, 0.2) is 47.9 Å². The van der Waals surface area contributed by atoms with E-state index in [2.05, 4.69) is 39.5 Å². The van der Waals surface area contributed by atoms with Crippen molar-refractivity contribution in [2.75, 3.05) is 26.2 Å². The van der Waals surface area contributed by atoms with Gasteiger partial charge in [0.05, 0.1) is 12.2 Å². The summed E-state index contributed by atoms with van der Waals surface area (Å²) >= 11 is 0. The van der Waals surface area contributed by atoms with Crippen LogP contribution < -0.4 is 5.32 Å². The maximum Gasteiger partial charge on any atom is 0.262 e. The third-order valence-electron chi connectivity index (χ3n) is 6.52. The lowest BCUT2D eigenvalue weighted by Gasteiger charge is -2.35. The molecule has 3 heterocycles. The molecule has 0 bridgehead atoms. The number of benzene rings is 1. The van der Waals surface area contributed by atoms with Crippen molar-refractivity contribution in [2.45, 2.75) is 56.8 Å². The molecule has 1 aromatic heterocycles. The second-order valence-electron chi connectivity index (χ2n) is 8.79. The zero-order valence-electron chi connectivity index (χ0n) is 18.7. The van der Waals surface area contributed by atoms with E-state index < -0.39 is 10.0 Å². The van der Waals surface area contributed by atoms with Gasteiger partial charge in [-0.25, -0.2) is 13.4 Å². The fourth-order valence-electron chi connectivity index (χ4n) is 4.55. The Morgan fingerprint density at radius 3 is 2.56 bits per heavy atom. The van der Waals surface area contributed by atoms with Gasteiger partial charge in [-0.2, -0.15) is 4.31 Å². The smallest absolute Gasteiger partial charge is 0.262 e. The number of carbonyl (C=O) groups is 1. The van der Waals surface area contributed by atoms with Crippen LogP contribution in [0.2, 0.25) is 0 Å². The molecule has 0 saturated carbocycles. The minimum absolute atomic E-state index is 0.0227. The van der Waals surface area contributed by atoms with E-state index in [0.717, 1.165) is 32.5 Å². The first kappa shape index (κ1) is 22.9. The summed E-state index contributed by atoms with van der Waals surface area (Å²) in [5.41, 5.74) is 1.31. The summed E-state index contributed by atoms with van der Waals surface area (Å²) in [4.78, 5) is 19.4. The zero-order valence-corrected chi connectivity index (χ0v) is 19.5. The van der Waals surface area contributed by atoms with Crippen molar-refractivity contribution in [1.29, 1.82) is 0 Å². The van der Waals surface area contributed by atoms with E-state index >= 15 is 0 Å². The molecule has 0 aliphatic carbocycles. The van der Waals surface area contributed by atoms with Crippen LogP contribution in [-0.2, 0) is 27.9 Å². The first-order valence-corrected chi connectivity index (χ1v) is 13.0.